The molecule has 0 saturated heterocycles. The van der Waals surface area contributed by atoms with Crippen LogP contribution in [0.1, 0.15) is 57.9 Å². The van der Waals surface area contributed by atoms with Crippen LogP contribution in [0, 0.1) is 12.8 Å². The smallest absolute Gasteiger partial charge is 0.240 e. The van der Waals surface area contributed by atoms with E-state index in [1.807, 2.05) is 13.8 Å². The van der Waals surface area contributed by atoms with Gasteiger partial charge in [0, 0.05) is 34.6 Å². The minimum absolute atomic E-state index is 0.00897. The van der Waals surface area contributed by atoms with Crippen molar-refractivity contribution in [2.45, 2.75) is 45.1 Å². The molecule has 0 unspecified atom stereocenters. The number of nitrogens with one attached hydrogen (secondary N) is 1. The number of ketones is 2. The Morgan fingerprint density at radius 1 is 0.976 bits per heavy atom. The van der Waals surface area contributed by atoms with E-state index < -0.39 is 10.0 Å². The van der Waals surface area contributed by atoms with Gasteiger partial charge in [0.15, 0.2) is 17.4 Å². The van der Waals surface area contributed by atoms with E-state index in [0.29, 0.717) is 28.1 Å². The summed E-state index contributed by atoms with van der Waals surface area (Å²) >= 11 is 18.6. The van der Waals surface area contributed by atoms with Crippen LogP contribution < -0.4 is 4.72 Å². The number of carbonyl (C=O) groups is 2. The predicted octanol–water partition coefficient (Wildman–Crippen LogP) is 6.67. The van der Waals surface area contributed by atoms with E-state index in [2.05, 4.69) is 14.8 Å². The molecule has 214 valence electrons. The fourth-order valence-electron chi connectivity index (χ4n) is 4.28. The first kappa shape index (κ1) is 30.9. The van der Waals surface area contributed by atoms with Crippen molar-refractivity contribution in [3.63, 3.8) is 0 Å². The number of halogens is 3. The molecule has 0 radical (unpaired) electrons. The van der Waals surface area contributed by atoms with Crippen LogP contribution in [0.2, 0.25) is 15.1 Å². The van der Waals surface area contributed by atoms with Gasteiger partial charge >= 0.3 is 0 Å². The van der Waals surface area contributed by atoms with Crippen molar-refractivity contribution in [1.82, 2.24) is 19.5 Å². The third-order valence-corrected chi connectivity index (χ3v) is 8.35. The average Bonchev–Trinajstić information content (AvgIpc) is 3.33. The summed E-state index contributed by atoms with van der Waals surface area (Å²) in [5, 5.41) is 5.39. The standard InChI is InChI=1S/C29H27Cl3N4O4S/c1-17(2)10-27(37)24-13-20(31)11-18(3)23(24)15-28(38)26-14-21(35-36(26)29-25(32)8-5-9-33-29)16-34-41(39,40)22-7-4-6-19(30)12-22/h4-9,11-14,17,34H,10,15-16H2,1-3H3. The molecule has 0 aliphatic carbocycles. The Morgan fingerprint density at radius 3 is 2.41 bits per heavy atom. The summed E-state index contributed by atoms with van der Waals surface area (Å²) in [6.45, 7) is 5.46. The zero-order chi connectivity index (χ0) is 29.9. The molecule has 0 aliphatic heterocycles. The molecule has 0 amide bonds. The van der Waals surface area contributed by atoms with Gasteiger partial charge in [0.2, 0.25) is 10.0 Å². The predicted molar refractivity (Wildman–Crippen MR) is 160 cm³/mol. The molecule has 0 bridgehead atoms. The molecule has 2 aromatic heterocycles. The molecule has 4 aromatic rings. The van der Waals surface area contributed by atoms with Crippen molar-refractivity contribution in [1.29, 1.82) is 0 Å². The second-order valence-electron chi connectivity index (χ2n) is 9.89. The molecule has 0 atom stereocenters. The van der Waals surface area contributed by atoms with E-state index in [9.17, 15) is 18.0 Å². The Morgan fingerprint density at radius 2 is 1.73 bits per heavy atom. The van der Waals surface area contributed by atoms with Gasteiger partial charge in [-0.1, -0.05) is 54.7 Å². The van der Waals surface area contributed by atoms with Gasteiger partial charge in [-0.05, 0) is 72.5 Å². The van der Waals surface area contributed by atoms with Crippen molar-refractivity contribution < 1.29 is 18.0 Å². The largest absolute Gasteiger partial charge is 0.294 e. The van der Waals surface area contributed by atoms with Gasteiger partial charge in [-0.25, -0.2) is 22.8 Å². The van der Waals surface area contributed by atoms with Gasteiger partial charge in [-0.2, -0.15) is 5.10 Å². The number of aromatic nitrogens is 3. The molecule has 2 heterocycles. The number of hydrogen-bond acceptors (Lipinski definition) is 6. The van der Waals surface area contributed by atoms with Crippen molar-refractivity contribution in [2.24, 2.45) is 5.92 Å². The molecule has 0 fully saturated rings. The molecular weight excluding hydrogens is 607 g/mol. The highest BCUT2D eigenvalue weighted by molar-refractivity contribution is 7.89. The van der Waals surface area contributed by atoms with Crippen LogP contribution in [0.5, 0.6) is 0 Å². The Labute approximate surface area is 253 Å². The van der Waals surface area contributed by atoms with Crippen molar-refractivity contribution in [3.05, 3.63) is 104 Å². The van der Waals surface area contributed by atoms with Crippen molar-refractivity contribution in [3.8, 4) is 5.82 Å². The van der Waals surface area contributed by atoms with E-state index >= 15 is 0 Å². The summed E-state index contributed by atoms with van der Waals surface area (Å²) < 4.78 is 29.5. The van der Waals surface area contributed by atoms with Crippen LogP contribution in [-0.4, -0.2) is 34.7 Å². The maximum atomic E-state index is 13.8. The number of hydrogen-bond donors (Lipinski definition) is 1. The number of aryl methyl sites for hydroxylation is 1. The molecule has 0 aliphatic rings. The number of benzene rings is 2. The second kappa shape index (κ2) is 12.8. The topological polar surface area (TPSA) is 111 Å². The van der Waals surface area contributed by atoms with Gasteiger partial charge in [0.25, 0.3) is 0 Å². The highest BCUT2D eigenvalue weighted by Gasteiger charge is 2.24. The van der Waals surface area contributed by atoms with E-state index in [0.717, 1.165) is 0 Å². The first-order chi connectivity index (χ1) is 19.4. The summed E-state index contributed by atoms with van der Waals surface area (Å²) in [5.41, 5.74) is 2.04. The third-order valence-electron chi connectivity index (χ3n) is 6.20. The normalized spacial score (nSPS) is 11.7. The van der Waals surface area contributed by atoms with Gasteiger partial charge in [-0.3, -0.25) is 9.59 Å². The summed E-state index contributed by atoms with van der Waals surface area (Å²) in [5.74, 6) is -0.153. The molecule has 2 aromatic carbocycles. The maximum absolute atomic E-state index is 13.8. The lowest BCUT2D eigenvalue weighted by molar-refractivity contribution is 0.0966. The lowest BCUT2D eigenvalue weighted by Crippen LogP contribution is -2.23. The lowest BCUT2D eigenvalue weighted by atomic mass is 9.91. The third kappa shape index (κ3) is 7.42. The average molecular weight is 634 g/mol. The quantitative estimate of drug-likeness (QED) is 0.185. The summed E-state index contributed by atoms with van der Waals surface area (Å²) in [6.07, 6.45) is 1.69. The lowest BCUT2D eigenvalue weighted by Gasteiger charge is -2.14. The van der Waals surface area contributed by atoms with Gasteiger partial charge in [0.05, 0.1) is 22.2 Å². The van der Waals surface area contributed by atoms with Gasteiger partial charge in [0.1, 0.15) is 5.69 Å². The zero-order valence-electron chi connectivity index (χ0n) is 22.5. The van der Waals surface area contributed by atoms with Gasteiger partial charge < -0.3 is 0 Å². The second-order valence-corrected chi connectivity index (χ2v) is 12.9. The molecule has 0 saturated carbocycles. The molecular formula is C29H27Cl3N4O4S. The fourth-order valence-corrected chi connectivity index (χ4v) is 6.06. The Kier molecular flexibility index (Phi) is 9.66. The van der Waals surface area contributed by atoms with Crippen LogP contribution >= 0.6 is 34.8 Å². The monoisotopic (exact) mass is 632 g/mol. The number of carbonyl (C=O) groups excluding carboxylic acids is 2. The fraction of sp³-hybridized carbons (Fsp3) is 0.241. The summed E-state index contributed by atoms with van der Waals surface area (Å²) in [4.78, 5) is 31.1. The first-order valence-electron chi connectivity index (χ1n) is 12.7. The molecule has 41 heavy (non-hydrogen) atoms. The van der Waals surface area contributed by atoms with Crippen LogP contribution in [0.3, 0.4) is 0 Å². The highest BCUT2D eigenvalue weighted by Crippen LogP contribution is 2.26. The SMILES string of the molecule is Cc1cc(Cl)cc(C(=O)CC(C)C)c1CC(=O)c1cc(CNS(=O)(=O)c2cccc(Cl)c2)nn1-c1ncccc1Cl. The molecule has 1 N–H and O–H groups in total. The first-order valence-corrected chi connectivity index (χ1v) is 15.3. The number of Topliss-reactive ketones (excluding diaryl/α,β-unsaturated/α-hetero) is 2. The summed E-state index contributed by atoms with van der Waals surface area (Å²) in [6, 6.07) is 13.9. The number of pyridine rings is 1. The van der Waals surface area contributed by atoms with E-state index in [1.54, 1.807) is 37.3 Å². The zero-order valence-corrected chi connectivity index (χ0v) is 25.6. The van der Waals surface area contributed by atoms with E-state index in [-0.39, 0.29) is 62.6 Å². The number of rotatable bonds is 11. The Hall–Kier alpha value is -3.08. The minimum atomic E-state index is -3.92. The Balaban J connectivity index is 1.71. The van der Waals surface area contributed by atoms with E-state index in [1.165, 1.54) is 35.1 Å². The van der Waals surface area contributed by atoms with E-state index in [4.69, 9.17) is 34.8 Å². The van der Waals surface area contributed by atoms with Crippen molar-refractivity contribution >= 4 is 56.4 Å². The number of sulfonamides is 1. The molecule has 8 nitrogen and oxygen atoms in total. The van der Waals surface area contributed by atoms with Crippen molar-refractivity contribution in [2.75, 3.05) is 0 Å². The van der Waals surface area contributed by atoms with Crippen LogP contribution in [0.25, 0.3) is 5.82 Å². The highest BCUT2D eigenvalue weighted by atomic mass is 35.5. The molecule has 0 spiro atoms. The number of nitrogens with zero attached hydrogens (tertiary/aromatic N) is 3. The summed E-state index contributed by atoms with van der Waals surface area (Å²) in [7, 11) is -3.92. The Bertz CT molecular complexity index is 1740. The molecule has 4 rings (SSSR count). The van der Waals surface area contributed by atoms with Crippen LogP contribution in [0.4, 0.5) is 0 Å². The van der Waals surface area contributed by atoms with Crippen LogP contribution in [0.15, 0.2) is 65.7 Å². The van der Waals surface area contributed by atoms with Crippen LogP contribution in [-0.2, 0) is 23.0 Å². The van der Waals surface area contributed by atoms with Gasteiger partial charge in [-0.15, -0.1) is 0 Å². The maximum Gasteiger partial charge on any atom is 0.240 e. The minimum Gasteiger partial charge on any atom is -0.294 e. The molecule has 12 heteroatoms.